The van der Waals surface area contributed by atoms with Crippen molar-refractivity contribution in [2.24, 2.45) is 0 Å². The molecule has 1 rings (SSSR count). The maximum Gasteiger partial charge on any atom is 0.251 e. The van der Waals surface area contributed by atoms with Crippen molar-refractivity contribution < 1.29 is 14.3 Å². The predicted octanol–water partition coefficient (Wildman–Crippen LogP) is 3.16. The SMILES string of the molecule is CCCC(=O)c1cccc(NC(=O)/C=C(\C)OC)c1. The molecule has 0 unspecified atom stereocenters. The molecule has 1 aromatic rings. The molecule has 0 radical (unpaired) electrons. The van der Waals surface area contributed by atoms with Gasteiger partial charge in [0.1, 0.15) is 0 Å². The third-order valence-corrected chi connectivity index (χ3v) is 2.59. The molecule has 1 aromatic carbocycles. The van der Waals surface area contributed by atoms with Gasteiger partial charge in [-0.25, -0.2) is 0 Å². The molecule has 0 saturated carbocycles. The van der Waals surface area contributed by atoms with E-state index in [2.05, 4.69) is 5.32 Å². The van der Waals surface area contributed by atoms with Gasteiger partial charge in [0, 0.05) is 23.7 Å². The van der Waals surface area contributed by atoms with Crippen LogP contribution in [0.1, 0.15) is 37.0 Å². The molecule has 0 heterocycles. The average molecular weight is 261 g/mol. The highest BCUT2D eigenvalue weighted by molar-refractivity contribution is 6.01. The van der Waals surface area contributed by atoms with E-state index in [1.165, 1.54) is 13.2 Å². The number of methoxy groups -OCH3 is 1. The summed E-state index contributed by atoms with van der Waals surface area (Å²) in [6.45, 7) is 3.66. The fraction of sp³-hybridized carbons (Fsp3) is 0.333. The highest BCUT2D eigenvalue weighted by Crippen LogP contribution is 2.13. The van der Waals surface area contributed by atoms with Gasteiger partial charge >= 0.3 is 0 Å². The molecule has 0 aliphatic rings. The molecule has 0 aliphatic carbocycles. The zero-order chi connectivity index (χ0) is 14.3. The Morgan fingerprint density at radius 1 is 1.37 bits per heavy atom. The molecule has 0 fully saturated rings. The number of rotatable bonds is 6. The van der Waals surface area contributed by atoms with E-state index in [1.54, 1.807) is 31.2 Å². The minimum Gasteiger partial charge on any atom is -0.501 e. The molecule has 1 amide bonds. The van der Waals surface area contributed by atoms with Crippen LogP contribution in [0.5, 0.6) is 0 Å². The van der Waals surface area contributed by atoms with E-state index in [-0.39, 0.29) is 11.7 Å². The Morgan fingerprint density at radius 2 is 2.11 bits per heavy atom. The van der Waals surface area contributed by atoms with Crippen LogP contribution in [-0.4, -0.2) is 18.8 Å². The lowest BCUT2D eigenvalue weighted by Crippen LogP contribution is -2.09. The van der Waals surface area contributed by atoms with Crippen molar-refractivity contribution in [3.63, 3.8) is 0 Å². The number of hydrogen-bond donors (Lipinski definition) is 1. The fourth-order valence-corrected chi connectivity index (χ4v) is 1.56. The standard InChI is InChI=1S/C15H19NO3/c1-4-6-14(17)12-7-5-8-13(10-12)16-15(18)9-11(2)19-3/h5,7-10H,4,6H2,1-3H3,(H,16,18)/b11-9+. The van der Waals surface area contributed by atoms with Gasteiger partial charge in [0.05, 0.1) is 12.9 Å². The predicted molar refractivity (Wildman–Crippen MR) is 75.1 cm³/mol. The van der Waals surface area contributed by atoms with Crippen LogP contribution < -0.4 is 5.32 Å². The number of Topliss-reactive ketones (excluding diaryl/α,β-unsaturated/α-hetero) is 1. The Balaban J connectivity index is 2.77. The zero-order valence-corrected chi connectivity index (χ0v) is 11.5. The van der Waals surface area contributed by atoms with Crippen LogP contribution in [0.2, 0.25) is 0 Å². The number of carbonyl (C=O) groups excluding carboxylic acids is 2. The van der Waals surface area contributed by atoms with Crippen LogP contribution >= 0.6 is 0 Å². The molecular formula is C15H19NO3. The van der Waals surface area contributed by atoms with Gasteiger partial charge in [0.2, 0.25) is 0 Å². The number of anilines is 1. The second-order valence-electron chi connectivity index (χ2n) is 4.20. The summed E-state index contributed by atoms with van der Waals surface area (Å²) in [5.41, 5.74) is 1.22. The van der Waals surface area contributed by atoms with Gasteiger partial charge < -0.3 is 10.1 Å². The topological polar surface area (TPSA) is 55.4 Å². The lowest BCUT2D eigenvalue weighted by atomic mass is 10.1. The van der Waals surface area contributed by atoms with E-state index in [4.69, 9.17) is 4.74 Å². The Hall–Kier alpha value is -2.10. The van der Waals surface area contributed by atoms with Crippen LogP contribution in [0.15, 0.2) is 36.1 Å². The van der Waals surface area contributed by atoms with Crippen molar-refractivity contribution in [3.05, 3.63) is 41.7 Å². The number of amides is 1. The largest absolute Gasteiger partial charge is 0.501 e. The maximum atomic E-state index is 11.8. The Labute approximate surface area is 113 Å². The molecule has 1 N–H and O–H groups in total. The quantitative estimate of drug-likeness (QED) is 0.486. The summed E-state index contributed by atoms with van der Waals surface area (Å²) in [4.78, 5) is 23.4. The highest BCUT2D eigenvalue weighted by atomic mass is 16.5. The second kappa shape index (κ2) is 7.36. The van der Waals surface area contributed by atoms with E-state index >= 15 is 0 Å². The van der Waals surface area contributed by atoms with Crippen molar-refractivity contribution in [3.8, 4) is 0 Å². The first-order valence-electron chi connectivity index (χ1n) is 6.23. The summed E-state index contributed by atoms with van der Waals surface area (Å²) in [6, 6.07) is 6.94. The zero-order valence-electron chi connectivity index (χ0n) is 11.5. The fourth-order valence-electron chi connectivity index (χ4n) is 1.56. The molecule has 0 aromatic heterocycles. The van der Waals surface area contributed by atoms with Crippen LogP contribution in [0.3, 0.4) is 0 Å². The first kappa shape index (κ1) is 15.0. The smallest absolute Gasteiger partial charge is 0.251 e. The number of hydrogen-bond acceptors (Lipinski definition) is 3. The number of ether oxygens (including phenoxy) is 1. The summed E-state index contributed by atoms with van der Waals surface area (Å²) in [5, 5.41) is 2.70. The molecule has 4 heteroatoms. The first-order chi connectivity index (χ1) is 9.06. The van der Waals surface area contributed by atoms with Gasteiger partial charge in [-0.1, -0.05) is 19.1 Å². The minimum absolute atomic E-state index is 0.0854. The second-order valence-corrected chi connectivity index (χ2v) is 4.20. The van der Waals surface area contributed by atoms with Crippen molar-refractivity contribution in [2.45, 2.75) is 26.7 Å². The third kappa shape index (κ3) is 4.95. The van der Waals surface area contributed by atoms with Gasteiger partial charge in [-0.15, -0.1) is 0 Å². The number of carbonyl (C=O) groups is 2. The van der Waals surface area contributed by atoms with Crippen LogP contribution in [0, 0.1) is 0 Å². The van der Waals surface area contributed by atoms with Gasteiger partial charge in [-0.3, -0.25) is 9.59 Å². The summed E-state index contributed by atoms with van der Waals surface area (Å²) in [6.07, 6.45) is 2.69. The molecule has 0 bridgehead atoms. The van der Waals surface area contributed by atoms with Gasteiger partial charge in [-0.2, -0.15) is 0 Å². The van der Waals surface area contributed by atoms with Crippen molar-refractivity contribution >= 4 is 17.4 Å². The maximum absolute atomic E-state index is 11.8. The van der Waals surface area contributed by atoms with E-state index < -0.39 is 0 Å². The van der Waals surface area contributed by atoms with Crippen LogP contribution in [0.4, 0.5) is 5.69 Å². The molecule has 0 saturated heterocycles. The monoisotopic (exact) mass is 261 g/mol. The average Bonchev–Trinajstić information content (AvgIpc) is 2.39. The van der Waals surface area contributed by atoms with Crippen molar-refractivity contribution in [1.82, 2.24) is 0 Å². The normalized spacial score (nSPS) is 11.0. The number of ketones is 1. The summed E-state index contributed by atoms with van der Waals surface area (Å²) < 4.78 is 4.90. The van der Waals surface area contributed by atoms with Crippen LogP contribution in [0.25, 0.3) is 0 Å². The van der Waals surface area contributed by atoms with Gasteiger partial charge in [0.25, 0.3) is 5.91 Å². The molecule has 4 nitrogen and oxygen atoms in total. The number of nitrogens with one attached hydrogen (secondary N) is 1. The van der Waals surface area contributed by atoms with E-state index in [9.17, 15) is 9.59 Å². The van der Waals surface area contributed by atoms with E-state index in [0.717, 1.165) is 6.42 Å². The molecular weight excluding hydrogens is 242 g/mol. The summed E-state index contributed by atoms with van der Waals surface area (Å²) in [7, 11) is 1.50. The Bertz CT molecular complexity index is 492. The van der Waals surface area contributed by atoms with Crippen molar-refractivity contribution in [1.29, 1.82) is 0 Å². The summed E-state index contributed by atoms with van der Waals surface area (Å²) in [5.74, 6) is 0.331. The highest BCUT2D eigenvalue weighted by Gasteiger charge is 2.06. The first-order valence-corrected chi connectivity index (χ1v) is 6.23. The van der Waals surface area contributed by atoms with Gasteiger partial charge in [0.15, 0.2) is 5.78 Å². The van der Waals surface area contributed by atoms with E-state index in [1.807, 2.05) is 6.92 Å². The summed E-state index contributed by atoms with van der Waals surface area (Å²) >= 11 is 0. The van der Waals surface area contributed by atoms with E-state index in [0.29, 0.717) is 23.4 Å². The minimum atomic E-state index is -0.278. The molecule has 0 spiro atoms. The Kier molecular flexibility index (Phi) is 5.79. The lowest BCUT2D eigenvalue weighted by Gasteiger charge is -2.05. The molecule has 0 atom stereocenters. The molecule has 0 aliphatic heterocycles. The van der Waals surface area contributed by atoms with Gasteiger partial charge in [-0.05, 0) is 25.5 Å². The molecule has 19 heavy (non-hydrogen) atoms. The number of allylic oxidation sites excluding steroid dienone is 1. The van der Waals surface area contributed by atoms with Crippen molar-refractivity contribution in [2.75, 3.05) is 12.4 Å². The molecule has 102 valence electrons. The van der Waals surface area contributed by atoms with Crippen LogP contribution in [-0.2, 0) is 9.53 Å². The lowest BCUT2D eigenvalue weighted by molar-refractivity contribution is -0.112. The number of benzene rings is 1. The Morgan fingerprint density at radius 3 is 2.74 bits per heavy atom. The third-order valence-electron chi connectivity index (χ3n) is 2.59.